The Kier molecular flexibility index (Phi) is 8.69. The van der Waals surface area contributed by atoms with Gasteiger partial charge in [0, 0.05) is 20.0 Å². The summed E-state index contributed by atoms with van der Waals surface area (Å²) < 4.78 is 5.86. The first kappa shape index (κ1) is 26.0. The molecule has 35 heavy (non-hydrogen) atoms. The lowest BCUT2D eigenvalue weighted by molar-refractivity contribution is -0.142. The van der Waals surface area contributed by atoms with E-state index in [-0.39, 0.29) is 23.8 Å². The predicted molar refractivity (Wildman–Crippen MR) is 140 cm³/mol. The molecule has 3 aromatic carbocycles. The second-order valence-corrected chi connectivity index (χ2v) is 9.89. The summed E-state index contributed by atoms with van der Waals surface area (Å²) in [7, 11) is 1.60. The van der Waals surface area contributed by atoms with Gasteiger partial charge in [-0.1, -0.05) is 93.1 Å². The molecule has 2 amide bonds. The number of likely N-dealkylation sites (N-methyl/N-ethyl adjacent to an activating group) is 1. The fourth-order valence-corrected chi connectivity index (χ4v) is 3.89. The van der Waals surface area contributed by atoms with E-state index in [9.17, 15) is 9.59 Å². The van der Waals surface area contributed by atoms with Gasteiger partial charge in [0.25, 0.3) is 5.91 Å². The van der Waals surface area contributed by atoms with Crippen LogP contribution in [0, 0.1) is 6.92 Å². The van der Waals surface area contributed by atoms with Crippen LogP contribution in [0.2, 0.25) is 0 Å². The SMILES string of the molecule is CNC(=O)[C@@H](Cc1ccccc1)N(Cc1ccc(C)cc1)C(=O)COc1ccc(C(C)(C)C)cc1. The quantitative estimate of drug-likeness (QED) is 0.474. The standard InChI is InChI=1S/C30H36N2O3/c1-22-11-13-24(14-12-22)20-32(27(29(34)31-5)19-23-9-7-6-8-10-23)28(33)21-35-26-17-15-25(16-18-26)30(2,3)4/h6-18,27H,19-21H2,1-5H3,(H,31,34)/t27-/m1/s1. The maximum absolute atomic E-state index is 13.5. The number of amides is 2. The van der Waals surface area contributed by atoms with Crippen LogP contribution < -0.4 is 10.1 Å². The Bertz CT molecular complexity index is 1100. The molecule has 0 saturated heterocycles. The number of ether oxygens (including phenoxy) is 1. The number of benzene rings is 3. The van der Waals surface area contributed by atoms with Gasteiger partial charge in [-0.3, -0.25) is 9.59 Å². The van der Waals surface area contributed by atoms with Gasteiger partial charge >= 0.3 is 0 Å². The van der Waals surface area contributed by atoms with E-state index in [1.165, 1.54) is 5.56 Å². The molecule has 0 saturated carbocycles. The fourth-order valence-electron chi connectivity index (χ4n) is 3.89. The smallest absolute Gasteiger partial charge is 0.261 e. The van der Waals surface area contributed by atoms with Crippen LogP contribution in [0.5, 0.6) is 5.75 Å². The summed E-state index contributed by atoms with van der Waals surface area (Å²) >= 11 is 0. The monoisotopic (exact) mass is 472 g/mol. The molecule has 1 atom stereocenters. The number of carbonyl (C=O) groups excluding carboxylic acids is 2. The summed E-state index contributed by atoms with van der Waals surface area (Å²) in [6.07, 6.45) is 0.415. The molecule has 3 rings (SSSR count). The topological polar surface area (TPSA) is 58.6 Å². The molecule has 0 fully saturated rings. The van der Waals surface area contributed by atoms with Gasteiger partial charge in [0.1, 0.15) is 11.8 Å². The molecule has 0 aliphatic rings. The Morgan fingerprint density at radius 3 is 2.09 bits per heavy atom. The highest BCUT2D eigenvalue weighted by molar-refractivity contribution is 5.88. The zero-order valence-corrected chi connectivity index (χ0v) is 21.4. The van der Waals surface area contributed by atoms with Gasteiger partial charge in [-0.2, -0.15) is 0 Å². The van der Waals surface area contributed by atoms with Gasteiger partial charge in [0.2, 0.25) is 5.91 Å². The summed E-state index contributed by atoms with van der Waals surface area (Å²) in [4.78, 5) is 28.1. The van der Waals surface area contributed by atoms with Crippen LogP contribution in [0.25, 0.3) is 0 Å². The van der Waals surface area contributed by atoms with E-state index in [4.69, 9.17) is 4.74 Å². The van der Waals surface area contributed by atoms with Crippen LogP contribution in [0.1, 0.15) is 43.0 Å². The highest BCUT2D eigenvalue weighted by Gasteiger charge is 2.30. The summed E-state index contributed by atoms with van der Waals surface area (Å²) in [6, 6.07) is 24.9. The average Bonchev–Trinajstić information content (AvgIpc) is 2.85. The van der Waals surface area contributed by atoms with Crippen molar-refractivity contribution in [2.75, 3.05) is 13.7 Å². The Morgan fingerprint density at radius 2 is 1.51 bits per heavy atom. The molecule has 5 heteroatoms. The van der Waals surface area contributed by atoms with Gasteiger partial charge in [0.15, 0.2) is 6.61 Å². The summed E-state index contributed by atoms with van der Waals surface area (Å²) in [6.45, 7) is 8.65. The first-order chi connectivity index (χ1) is 16.7. The molecule has 0 spiro atoms. The number of nitrogens with zero attached hydrogens (tertiary/aromatic N) is 1. The fraction of sp³-hybridized carbons (Fsp3) is 0.333. The number of nitrogens with one attached hydrogen (secondary N) is 1. The minimum Gasteiger partial charge on any atom is -0.484 e. The number of hydrogen-bond donors (Lipinski definition) is 1. The van der Waals surface area contributed by atoms with E-state index in [1.807, 2.05) is 85.8 Å². The molecular weight excluding hydrogens is 436 g/mol. The van der Waals surface area contributed by atoms with Crippen LogP contribution in [0.3, 0.4) is 0 Å². The van der Waals surface area contributed by atoms with Gasteiger partial charge < -0.3 is 15.0 Å². The lowest BCUT2D eigenvalue weighted by Gasteiger charge is -2.31. The number of hydrogen-bond acceptors (Lipinski definition) is 3. The Morgan fingerprint density at radius 1 is 0.886 bits per heavy atom. The second kappa shape index (κ2) is 11.7. The van der Waals surface area contributed by atoms with Crippen molar-refractivity contribution < 1.29 is 14.3 Å². The third-order valence-corrected chi connectivity index (χ3v) is 6.07. The predicted octanol–water partition coefficient (Wildman–Crippen LogP) is 5.06. The first-order valence-corrected chi connectivity index (χ1v) is 12.0. The van der Waals surface area contributed by atoms with E-state index < -0.39 is 6.04 Å². The van der Waals surface area contributed by atoms with Crippen molar-refractivity contribution in [2.45, 2.75) is 52.1 Å². The van der Waals surface area contributed by atoms with Crippen LogP contribution in [-0.4, -0.2) is 36.4 Å². The van der Waals surface area contributed by atoms with E-state index in [1.54, 1.807) is 11.9 Å². The van der Waals surface area contributed by atoms with Crippen LogP contribution >= 0.6 is 0 Å². The van der Waals surface area contributed by atoms with Gasteiger partial charge in [-0.25, -0.2) is 0 Å². The highest BCUT2D eigenvalue weighted by Crippen LogP contribution is 2.24. The van der Waals surface area contributed by atoms with Crippen molar-refractivity contribution in [3.05, 3.63) is 101 Å². The van der Waals surface area contributed by atoms with E-state index in [0.717, 1.165) is 16.7 Å². The molecule has 0 radical (unpaired) electrons. The Hall–Kier alpha value is -3.60. The third-order valence-electron chi connectivity index (χ3n) is 6.07. The zero-order chi connectivity index (χ0) is 25.4. The molecule has 1 N–H and O–H groups in total. The molecule has 5 nitrogen and oxygen atoms in total. The lowest BCUT2D eigenvalue weighted by atomic mass is 9.87. The normalized spacial score (nSPS) is 12.0. The van der Waals surface area contributed by atoms with Gasteiger partial charge in [-0.05, 0) is 41.2 Å². The summed E-state index contributed by atoms with van der Waals surface area (Å²) in [5, 5.41) is 2.74. The van der Waals surface area contributed by atoms with Crippen molar-refractivity contribution in [1.29, 1.82) is 0 Å². The molecule has 184 valence electrons. The van der Waals surface area contributed by atoms with Crippen LogP contribution in [-0.2, 0) is 28.0 Å². The molecule has 0 bridgehead atoms. The molecule has 3 aromatic rings. The van der Waals surface area contributed by atoms with Crippen molar-refractivity contribution in [3.63, 3.8) is 0 Å². The zero-order valence-electron chi connectivity index (χ0n) is 21.4. The van der Waals surface area contributed by atoms with E-state index >= 15 is 0 Å². The second-order valence-electron chi connectivity index (χ2n) is 9.89. The average molecular weight is 473 g/mol. The highest BCUT2D eigenvalue weighted by atomic mass is 16.5. The molecule has 0 unspecified atom stereocenters. The van der Waals surface area contributed by atoms with Crippen molar-refractivity contribution in [2.24, 2.45) is 0 Å². The maximum atomic E-state index is 13.5. The third kappa shape index (κ3) is 7.44. The molecule has 0 aliphatic heterocycles. The molecule has 0 aliphatic carbocycles. The minimum absolute atomic E-state index is 0.0390. The largest absolute Gasteiger partial charge is 0.484 e. The maximum Gasteiger partial charge on any atom is 0.261 e. The van der Waals surface area contributed by atoms with Gasteiger partial charge in [0.05, 0.1) is 0 Å². The summed E-state index contributed by atoms with van der Waals surface area (Å²) in [5.41, 5.74) is 4.32. The van der Waals surface area contributed by atoms with E-state index in [0.29, 0.717) is 18.7 Å². The number of carbonyl (C=O) groups is 2. The summed E-state index contributed by atoms with van der Waals surface area (Å²) in [5.74, 6) is 0.181. The number of aryl methyl sites for hydroxylation is 1. The first-order valence-electron chi connectivity index (χ1n) is 12.0. The Balaban J connectivity index is 1.83. The molecule has 0 aromatic heterocycles. The van der Waals surface area contributed by atoms with Crippen molar-refractivity contribution in [1.82, 2.24) is 10.2 Å². The van der Waals surface area contributed by atoms with E-state index in [2.05, 4.69) is 26.1 Å². The number of rotatable bonds is 9. The van der Waals surface area contributed by atoms with Gasteiger partial charge in [-0.15, -0.1) is 0 Å². The lowest BCUT2D eigenvalue weighted by Crippen LogP contribution is -2.51. The van der Waals surface area contributed by atoms with Crippen LogP contribution in [0.4, 0.5) is 0 Å². The van der Waals surface area contributed by atoms with Crippen molar-refractivity contribution >= 4 is 11.8 Å². The van der Waals surface area contributed by atoms with Crippen molar-refractivity contribution in [3.8, 4) is 5.75 Å². The molecule has 0 heterocycles. The molecular formula is C30H36N2O3. The Labute approximate surface area is 209 Å². The minimum atomic E-state index is -0.664. The van der Waals surface area contributed by atoms with Crippen LogP contribution in [0.15, 0.2) is 78.9 Å².